The molecule has 2 unspecified atom stereocenters. The average Bonchev–Trinajstić information content (AvgIpc) is 3.03. The van der Waals surface area contributed by atoms with Gasteiger partial charge in [0.1, 0.15) is 10.7 Å². The third-order valence-electron chi connectivity index (χ3n) is 4.01. The first-order valence-corrected chi connectivity index (χ1v) is 8.09. The first-order valence-electron chi connectivity index (χ1n) is 6.89. The molecule has 0 spiro atoms. The Morgan fingerprint density at radius 1 is 1.48 bits per heavy atom. The Morgan fingerprint density at radius 2 is 2.29 bits per heavy atom. The summed E-state index contributed by atoms with van der Waals surface area (Å²) in [5.74, 6) is -0.477. The molecule has 0 bridgehead atoms. The molecule has 0 radical (unpaired) electrons. The van der Waals surface area contributed by atoms with Gasteiger partial charge < -0.3 is 10.4 Å². The highest BCUT2D eigenvalue weighted by atomic mass is 35.5. The Hall–Kier alpha value is -1.17. The van der Waals surface area contributed by atoms with E-state index in [0.717, 1.165) is 19.3 Å². The van der Waals surface area contributed by atoms with Gasteiger partial charge in [0, 0.05) is 28.7 Å². The highest BCUT2D eigenvalue weighted by molar-refractivity contribution is 7.21. The van der Waals surface area contributed by atoms with E-state index in [4.69, 9.17) is 11.6 Å². The molecule has 0 saturated heterocycles. The van der Waals surface area contributed by atoms with Gasteiger partial charge in [-0.15, -0.1) is 11.3 Å². The second kappa shape index (κ2) is 5.91. The molecular formula is C15H15ClFNO2S. The number of thiophene rings is 1. The summed E-state index contributed by atoms with van der Waals surface area (Å²) in [7, 11) is 0. The number of halogens is 2. The van der Waals surface area contributed by atoms with Crippen LogP contribution in [0.25, 0.3) is 10.1 Å². The normalized spacial score (nSPS) is 21.9. The van der Waals surface area contributed by atoms with Gasteiger partial charge in [0.25, 0.3) is 5.91 Å². The Balaban J connectivity index is 1.86. The zero-order valence-corrected chi connectivity index (χ0v) is 12.8. The SMILES string of the molecule is O=C(NC1CCCC1CO)c1sc2cc(F)ccc2c1Cl. The van der Waals surface area contributed by atoms with Crippen LogP contribution in [-0.4, -0.2) is 23.7 Å². The highest BCUT2D eigenvalue weighted by Crippen LogP contribution is 2.36. The first kappa shape index (κ1) is 14.8. The van der Waals surface area contributed by atoms with Crippen molar-refractivity contribution < 1.29 is 14.3 Å². The van der Waals surface area contributed by atoms with E-state index in [9.17, 15) is 14.3 Å². The summed E-state index contributed by atoms with van der Waals surface area (Å²) < 4.78 is 13.9. The standard InChI is InChI=1S/C15H15ClFNO2S/c16-13-10-5-4-9(17)6-12(10)21-14(13)15(20)18-11-3-1-2-8(11)7-19/h4-6,8,11,19H,1-3,7H2,(H,18,20). The number of aliphatic hydroxyl groups excluding tert-OH is 1. The van der Waals surface area contributed by atoms with Crippen LogP contribution >= 0.6 is 22.9 Å². The van der Waals surface area contributed by atoms with Crippen molar-refractivity contribution in [2.75, 3.05) is 6.61 Å². The number of aliphatic hydroxyl groups is 1. The van der Waals surface area contributed by atoms with E-state index in [2.05, 4.69) is 5.32 Å². The van der Waals surface area contributed by atoms with Crippen LogP contribution in [0.4, 0.5) is 4.39 Å². The third kappa shape index (κ3) is 2.78. The van der Waals surface area contributed by atoms with Crippen molar-refractivity contribution in [3.05, 3.63) is 33.9 Å². The predicted molar refractivity (Wildman–Crippen MR) is 82.5 cm³/mol. The number of hydrogen-bond donors (Lipinski definition) is 2. The monoisotopic (exact) mass is 327 g/mol. The van der Waals surface area contributed by atoms with Crippen molar-refractivity contribution in [3.63, 3.8) is 0 Å². The minimum Gasteiger partial charge on any atom is -0.396 e. The molecule has 1 heterocycles. The molecule has 1 saturated carbocycles. The zero-order valence-electron chi connectivity index (χ0n) is 11.2. The first-order chi connectivity index (χ1) is 10.1. The molecule has 3 rings (SSSR count). The number of carbonyl (C=O) groups is 1. The van der Waals surface area contributed by atoms with Crippen LogP contribution in [-0.2, 0) is 0 Å². The van der Waals surface area contributed by atoms with Crippen LogP contribution in [0.3, 0.4) is 0 Å². The summed E-state index contributed by atoms with van der Waals surface area (Å²) >= 11 is 7.43. The lowest BCUT2D eigenvalue weighted by Crippen LogP contribution is -2.38. The van der Waals surface area contributed by atoms with Gasteiger partial charge in [0.05, 0.1) is 5.02 Å². The van der Waals surface area contributed by atoms with Gasteiger partial charge >= 0.3 is 0 Å². The van der Waals surface area contributed by atoms with Crippen LogP contribution in [0.1, 0.15) is 28.9 Å². The summed E-state index contributed by atoms with van der Waals surface area (Å²) in [6.07, 6.45) is 2.79. The summed E-state index contributed by atoms with van der Waals surface area (Å²) in [5.41, 5.74) is 0. The van der Waals surface area contributed by atoms with Crippen LogP contribution in [0.2, 0.25) is 5.02 Å². The number of rotatable bonds is 3. The van der Waals surface area contributed by atoms with Crippen LogP contribution in [0.15, 0.2) is 18.2 Å². The Morgan fingerprint density at radius 3 is 3.05 bits per heavy atom. The lowest BCUT2D eigenvalue weighted by molar-refractivity contribution is 0.0920. The Bertz CT molecular complexity index is 688. The van der Waals surface area contributed by atoms with Crippen molar-refractivity contribution in [3.8, 4) is 0 Å². The minimum absolute atomic E-state index is 0.0134. The van der Waals surface area contributed by atoms with E-state index >= 15 is 0 Å². The predicted octanol–water partition coefficient (Wildman–Crippen LogP) is 3.58. The van der Waals surface area contributed by atoms with Crippen LogP contribution in [0.5, 0.6) is 0 Å². The van der Waals surface area contributed by atoms with Gasteiger partial charge in [-0.3, -0.25) is 4.79 Å². The molecule has 2 aromatic rings. The Labute approximate surface area is 130 Å². The number of carbonyl (C=O) groups excluding carboxylic acids is 1. The number of hydrogen-bond acceptors (Lipinski definition) is 3. The van der Waals surface area contributed by atoms with Crippen molar-refractivity contribution >= 4 is 38.9 Å². The molecule has 1 aromatic heterocycles. The van der Waals surface area contributed by atoms with Crippen LogP contribution < -0.4 is 5.32 Å². The molecule has 1 aliphatic carbocycles. The molecule has 112 valence electrons. The van der Waals surface area contributed by atoms with E-state index in [1.165, 1.54) is 23.5 Å². The van der Waals surface area contributed by atoms with Gasteiger partial charge in [-0.2, -0.15) is 0 Å². The highest BCUT2D eigenvalue weighted by Gasteiger charge is 2.29. The molecule has 1 aromatic carbocycles. The second-order valence-electron chi connectivity index (χ2n) is 5.34. The molecule has 21 heavy (non-hydrogen) atoms. The van der Waals surface area contributed by atoms with Gasteiger partial charge in [0.2, 0.25) is 0 Å². The molecule has 1 amide bonds. The number of nitrogens with one attached hydrogen (secondary N) is 1. The van der Waals surface area contributed by atoms with Crippen LogP contribution in [0, 0.1) is 11.7 Å². The van der Waals surface area contributed by atoms with Crippen molar-refractivity contribution in [2.24, 2.45) is 5.92 Å². The summed E-state index contributed by atoms with van der Waals surface area (Å²) in [6, 6.07) is 4.29. The maximum atomic E-state index is 13.2. The van der Waals surface area contributed by atoms with Gasteiger partial charge in [0.15, 0.2) is 0 Å². The number of amides is 1. The van der Waals surface area contributed by atoms with E-state index in [1.54, 1.807) is 6.07 Å². The Kier molecular flexibility index (Phi) is 4.15. The summed E-state index contributed by atoms with van der Waals surface area (Å²) in [5, 5.41) is 13.3. The average molecular weight is 328 g/mol. The molecule has 2 atom stereocenters. The quantitative estimate of drug-likeness (QED) is 0.905. The number of fused-ring (bicyclic) bond motifs is 1. The fourth-order valence-electron chi connectivity index (χ4n) is 2.86. The maximum absolute atomic E-state index is 13.2. The van der Waals surface area contributed by atoms with E-state index in [0.29, 0.717) is 20.0 Å². The molecule has 1 aliphatic rings. The minimum atomic E-state index is -0.344. The molecule has 6 heteroatoms. The molecule has 1 fully saturated rings. The molecule has 2 N–H and O–H groups in total. The number of benzene rings is 1. The van der Waals surface area contributed by atoms with Crippen molar-refractivity contribution in [1.82, 2.24) is 5.32 Å². The summed E-state index contributed by atoms with van der Waals surface area (Å²) in [6.45, 7) is 0.0797. The largest absolute Gasteiger partial charge is 0.396 e. The van der Waals surface area contributed by atoms with E-state index in [1.807, 2.05) is 0 Å². The zero-order chi connectivity index (χ0) is 15.0. The van der Waals surface area contributed by atoms with Crippen molar-refractivity contribution in [1.29, 1.82) is 0 Å². The third-order valence-corrected chi connectivity index (χ3v) is 5.66. The second-order valence-corrected chi connectivity index (χ2v) is 6.77. The fraction of sp³-hybridized carbons (Fsp3) is 0.400. The lowest BCUT2D eigenvalue weighted by Gasteiger charge is -2.18. The van der Waals surface area contributed by atoms with Gasteiger partial charge in [-0.05, 0) is 31.0 Å². The topological polar surface area (TPSA) is 49.3 Å². The van der Waals surface area contributed by atoms with E-state index in [-0.39, 0.29) is 30.3 Å². The summed E-state index contributed by atoms with van der Waals surface area (Å²) in [4.78, 5) is 12.8. The van der Waals surface area contributed by atoms with E-state index < -0.39 is 0 Å². The van der Waals surface area contributed by atoms with Crippen molar-refractivity contribution in [2.45, 2.75) is 25.3 Å². The smallest absolute Gasteiger partial charge is 0.263 e. The maximum Gasteiger partial charge on any atom is 0.263 e. The lowest BCUT2D eigenvalue weighted by atomic mass is 10.1. The fourth-order valence-corrected chi connectivity index (χ4v) is 4.31. The molecule has 3 nitrogen and oxygen atoms in total. The van der Waals surface area contributed by atoms with Gasteiger partial charge in [-0.25, -0.2) is 4.39 Å². The van der Waals surface area contributed by atoms with Gasteiger partial charge in [-0.1, -0.05) is 18.0 Å². The molecular weight excluding hydrogens is 313 g/mol. The molecule has 0 aliphatic heterocycles.